The molecule has 0 bridgehead atoms. The van der Waals surface area contributed by atoms with Gasteiger partial charge >= 0.3 is 5.92 Å². The van der Waals surface area contributed by atoms with Gasteiger partial charge in [-0.05, 0) is 82.2 Å². The molecule has 1 aromatic carbocycles. The quantitative estimate of drug-likeness (QED) is 0.540. The number of carbonyl (C=O) groups excluding carboxylic acids is 2. The molecule has 1 spiro atoms. The Balaban J connectivity index is 1.12. The third kappa shape index (κ3) is 4.83. The van der Waals surface area contributed by atoms with Crippen LogP contribution in [0.5, 0.6) is 0 Å². The zero-order chi connectivity index (χ0) is 29.3. The lowest BCUT2D eigenvalue weighted by Crippen LogP contribution is -2.57. The molecular formula is C29H35ClF3N5O3. The molecule has 222 valence electrons. The molecule has 2 saturated heterocycles. The summed E-state index contributed by atoms with van der Waals surface area (Å²) >= 11 is 5.84. The summed E-state index contributed by atoms with van der Waals surface area (Å²) in [6, 6.07) is 3.89. The second-order valence-electron chi connectivity index (χ2n) is 12.8. The van der Waals surface area contributed by atoms with Crippen LogP contribution in [0, 0.1) is 23.1 Å². The topological polar surface area (TPSA) is 90.7 Å². The number of rotatable bonds is 5. The Bertz CT molecular complexity index is 1370. The summed E-state index contributed by atoms with van der Waals surface area (Å²) in [6.07, 6.45) is 3.75. The molecule has 1 aromatic heterocycles. The van der Waals surface area contributed by atoms with E-state index in [0.717, 1.165) is 25.6 Å². The maximum absolute atomic E-state index is 15.7. The lowest BCUT2D eigenvalue weighted by Gasteiger charge is -2.35. The molecule has 3 unspecified atom stereocenters. The molecule has 0 radical (unpaired) electrons. The molecule has 6 rings (SSSR count). The van der Waals surface area contributed by atoms with Crippen LogP contribution in [0.15, 0.2) is 24.5 Å². The second kappa shape index (κ2) is 9.98. The maximum Gasteiger partial charge on any atom is 0.352 e. The Kier molecular flexibility index (Phi) is 6.94. The average Bonchev–Trinajstić information content (AvgIpc) is 3.71. The molecule has 4 aliphatic rings. The number of nitrogens with zero attached hydrogens (tertiary/aromatic N) is 4. The summed E-state index contributed by atoms with van der Waals surface area (Å²) < 4.78 is 46.6. The fourth-order valence-corrected chi connectivity index (χ4v) is 8.11. The SMILES string of the molecule is CN1CCC2(CCN(C(=O)C(F)(F)C3(O)CC4CC(c5ncn(C)c5C(=O)Nc5ccc(F)c(Cl)c5)CC4C3)C2)C1. The normalized spacial score (nSPS) is 31.8. The molecule has 3 atom stereocenters. The van der Waals surface area contributed by atoms with E-state index in [1.54, 1.807) is 11.6 Å². The zero-order valence-corrected chi connectivity index (χ0v) is 23.9. The number of fused-ring (bicyclic) bond motifs is 1. The molecule has 4 fully saturated rings. The first-order valence-corrected chi connectivity index (χ1v) is 14.5. The van der Waals surface area contributed by atoms with E-state index in [1.165, 1.54) is 23.4 Å². The number of nitrogens with one attached hydrogen (secondary N) is 1. The lowest BCUT2D eigenvalue weighted by atomic mass is 9.86. The first kappa shape index (κ1) is 28.5. The third-order valence-corrected chi connectivity index (χ3v) is 10.3. The lowest BCUT2D eigenvalue weighted by molar-refractivity contribution is -0.201. The Morgan fingerprint density at radius 3 is 2.44 bits per heavy atom. The van der Waals surface area contributed by atoms with Crippen molar-refractivity contribution in [2.24, 2.45) is 24.3 Å². The highest BCUT2D eigenvalue weighted by Gasteiger charge is 2.66. The molecule has 2 aliphatic heterocycles. The van der Waals surface area contributed by atoms with Gasteiger partial charge in [-0.2, -0.15) is 8.78 Å². The molecule has 2 amide bonds. The van der Waals surface area contributed by atoms with Crippen molar-refractivity contribution in [3.8, 4) is 0 Å². The number of halogens is 4. The Hall–Kier alpha value is -2.63. The van der Waals surface area contributed by atoms with Crippen LogP contribution in [0.1, 0.15) is 60.6 Å². The number of hydrogen-bond acceptors (Lipinski definition) is 5. The van der Waals surface area contributed by atoms with E-state index in [1.807, 2.05) is 7.05 Å². The van der Waals surface area contributed by atoms with Gasteiger partial charge in [-0.3, -0.25) is 9.59 Å². The van der Waals surface area contributed by atoms with Crippen molar-refractivity contribution in [2.75, 3.05) is 38.5 Å². The van der Waals surface area contributed by atoms with Crippen LogP contribution in [0.3, 0.4) is 0 Å². The standard InChI is InChI=1S/C29H35ClF3N5O3/c1-36-7-5-27(14-36)6-8-38(15-27)26(40)29(32,33)28(41)12-18-9-17(10-19(18)13-28)23-24(37(2)16-34-23)25(39)35-20-3-4-22(31)21(30)11-20/h3-4,11,16-19,41H,5-10,12-15H2,1-2H3,(H,35,39). The first-order valence-electron chi connectivity index (χ1n) is 14.2. The van der Waals surface area contributed by atoms with Gasteiger partial charge in [0.1, 0.15) is 17.1 Å². The van der Waals surface area contributed by atoms with Crippen LogP contribution in [0.25, 0.3) is 0 Å². The zero-order valence-electron chi connectivity index (χ0n) is 23.2. The summed E-state index contributed by atoms with van der Waals surface area (Å²) in [7, 11) is 3.69. The number of likely N-dealkylation sites (tertiary alicyclic amines) is 2. The van der Waals surface area contributed by atoms with E-state index in [9.17, 15) is 19.1 Å². The number of aliphatic hydroxyl groups is 1. The smallest absolute Gasteiger partial charge is 0.352 e. The van der Waals surface area contributed by atoms with Crippen molar-refractivity contribution in [1.29, 1.82) is 0 Å². The average molecular weight is 594 g/mol. The van der Waals surface area contributed by atoms with Crippen LogP contribution in [-0.2, 0) is 11.8 Å². The van der Waals surface area contributed by atoms with Crippen molar-refractivity contribution >= 4 is 29.1 Å². The van der Waals surface area contributed by atoms with Gasteiger partial charge in [0, 0.05) is 43.7 Å². The number of alkyl halides is 2. The number of imidazole rings is 1. The van der Waals surface area contributed by atoms with Crippen molar-refractivity contribution < 1.29 is 27.9 Å². The molecule has 2 N–H and O–H groups in total. The monoisotopic (exact) mass is 593 g/mol. The van der Waals surface area contributed by atoms with Gasteiger partial charge in [-0.1, -0.05) is 11.6 Å². The Morgan fingerprint density at radius 1 is 1.12 bits per heavy atom. The Morgan fingerprint density at radius 2 is 1.80 bits per heavy atom. The number of aromatic nitrogens is 2. The van der Waals surface area contributed by atoms with Crippen LogP contribution in [0.4, 0.5) is 18.9 Å². The number of amides is 2. The fraction of sp³-hybridized carbons (Fsp3) is 0.621. The van der Waals surface area contributed by atoms with Gasteiger partial charge in [0.05, 0.1) is 17.0 Å². The van der Waals surface area contributed by atoms with Gasteiger partial charge in [-0.25, -0.2) is 9.37 Å². The molecule has 2 aliphatic carbocycles. The van der Waals surface area contributed by atoms with E-state index in [4.69, 9.17) is 11.6 Å². The van der Waals surface area contributed by atoms with Gasteiger partial charge < -0.3 is 24.8 Å². The predicted octanol–water partition coefficient (Wildman–Crippen LogP) is 4.29. The number of carbonyl (C=O) groups is 2. The van der Waals surface area contributed by atoms with Crippen LogP contribution >= 0.6 is 11.6 Å². The number of aryl methyl sites for hydroxylation is 1. The number of benzene rings is 1. The highest BCUT2D eigenvalue weighted by Crippen LogP contribution is 2.58. The van der Waals surface area contributed by atoms with Crippen LogP contribution < -0.4 is 5.32 Å². The van der Waals surface area contributed by atoms with E-state index < -0.39 is 29.2 Å². The molecule has 3 heterocycles. The van der Waals surface area contributed by atoms with Gasteiger partial charge in [0.2, 0.25) is 0 Å². The molecule has 41 heavy (non-hydrogen) atoms. The van der Waals surface area contributed by atoms with E-state index in [-0.39, 0.29) is 41.0 Å². The Labute approximate surface area is 241 Å². The van der Waals surface area contributed by atoms with Crippen LogP contribution in [0.2, 0.25) is 5.02 Å². The van der Waals surface area contributed by atoms with Gasteiger partial charge in [0.25, 0.3) is 11.8 Å². The molecule has 12 heteroatoms. The van der Waals surface area contributed by atoms with Crippen molar-refractivity contribution in [3.63, 3.8) is 0 Å². The largest absolute Gasteiger partial charge is 0.383 e. The summed E-state index contributed by atoms with van der Waals surface area (Å²) in [5, 5.41) is 13.8. The minimum Gasteiger partial charge on any atom is -0.383 e. The summed E-state index contributed by atoms with van der Waals surface area (Å²) in [5.41, 5.74) is -1.30. The fourth-order valence-electron chi connectivity index (χ4n) is 7.93. The second-order valence-corrected chi connectivity index (χ2v) is 13.2. The summed E-state index contributed by atoms with van der Waals surface area (Å²) in [6.45, 7) is 2.30. The number of anilines is 1. The predicted molar refractivity (Wildman–Crippen MR) is 146 cm³/mol. The van der Waals surface area contributed by atoms with E-state index in [2.05, 4.69) is 15.2 Å². The van der Waals surface area contributed by atoms with E-state index >= 15 is 8.78 Å². The van der Waals surface area contributed by atoms with Crippen molar-refractivity contribution in [1.82, 2.24) is 19.4 Å². The molecule has 8 nitrogen and oxygen atoms in total. The first-order chi connectivity index (χ1) is 19.3. The molecule has 2 saturated carbocycles. The number of hydrogen-bond donors (Lipinski definition) is 2. The molecular weight excluding hydrogens is 559 g/mol. The summed E-state index contributed by atoms with van der Waals surface area (Å²) in [5.74, 6) is -6.75. The minimum absolute atomic E-state index is 0.116. The van der Waals surface area contributed by atoms with Crippen molar-refractivity contribution in [3.05, 3.63) is 46.8 Å². The minimum atomic E-state index is -3.87. The van der Waals surface area contributed by atoms with Crippen LogP contribution in [-0.4, -0.2) is 81.0 Å². The maximum atomic E-state index is 15.7. The highest BCUT2D eigenvalue weighted by molar-refractivity contribution is 6.31. The van der Waals surface area contributed by atoms with E-state index in [0.29, 0.717) is 49.4 Å². The molecule has 2 aromatic rings. The van der Waals surface area contributed by atoms with Gasteiger partial charge in [0.15, 0.2) is 0 Å². The highest BCUT2D eigenvalue weighted by atomic mass is 35.5. The van der Waals surface area contributed by atoms with Crippen molar-refractivity contribution in [2.45, 2.75) is 56.0 Å². The van der Waals surface area contributed by atoms with Gasteiger partial charge in [-0.15, -0.1) is 0 Å². The summed E-state index contributed by atoms with van der Waals surface area (Å²) in [4.78, 5) is 34.2. The third-order valence-electron chi connectivity index (χ3n) is 9.99.